The molecule has 2 aliphatic heterocycles. The SMILES string of the molecule is CC(C)NC(=O)C1CCN(C(=O)C2CCN(c3ccccc3Br)C2=O)CC1. The Kier molecular flexibility index (Phi) is 6.19. The third-order valence-electron chi connectivity index (χ3n) is 5.26. The molecular weight excluding hydrogens is 410 g/mol. The van der Waals surface area contributed by atoms with Crippen LogP contribution in [-0.2, 0) is 14.4 Å². The van der Waals surface area contributed by atoms with E-state index in [4.69, 9.17) is 0 Å². The van der Waals surface area contributed by atoms with E-state index in [-0.39, 0.29) is 29.7 Å². The van der Waals surface area contributed by atoms with E-state index in [0.29, 0.717) is 38.9 Å². The average Bonchev–Trinajstić information content (AvgIpc) is 3.02. The second-order valence-corrected chi connectivity index (χ2v) is 8.40. The highest BCUT2D eigenvalue weighted by molar-refractivity contribution is 9.10. The minimum Gasteiger partial charge on any atom is -0.354 e. The van der Waals surface area contributed by atoms with Gasteiger partial charge in [-0.2, -0.15) is 0 Å². The predicted octanol–water partition coefficient (Wildman–Crippen LogP) is 2.57. The zero-order chi connectivity index (χ0) is 19.6. The van der Waals surface area contributed by atoms with Crippen LogP contribution in [0.4, 0.5) is 5.69 Å². The normalized spacial score (nSPS) is 21.0. The second kappa shape index (κ2) is 8.42. The van der Waals surface area contributed by atoms with E-state index in [1.54, 1.807) is 9.80 Å². The lowest BCUT2D eigenvalue weighted by Crippen LogP contribution is -2.47. The Morgan fingerprint density at radius 2 is 1.78 bits per heavy atom. The smallest absolute Gasteiger partial charge is 0.239 e. The molecule has 1 aromatic rings. The minimum absolute atomic E-state index is 0.0486. The highest BCUT2D eigenvalue weighted by atomic mass is 79.9. The number of anilines is 1. The first-order chi connectivity index (χ1) is 12.9. The monoisotopic (exact) mass is 435 g/mol. The van der Waals surface area contributed by atoms with E-state index in [1.807, 2.05) is 38.1 Å². The quantitative estimate of drug-likeness (QED) is 0.738. The van der Waals surface area contributed by atoms with E-state index in [1.165, 1.54) is 0 Å². The Hall–Kier alpha value is -1.89. The van der Waals surface area contributed by atoms with Gasteiger partial charge in [-0.05, 0) is 61.2 Å². The number of para-hydroxylation sites is 1. The average molecular weight is 436 g/mol. The molecule has 6 nitrogen and oxygen atoms in total. The summed E-state index contributed by atoms with van der Waals surface area (Å²) in [7, 11) is 0. The molecule has 1 unspecified atom stereocenters. The summed E-state index contributed by atoms with van der Waals surface area (Å²) >= 11 is 3.48. The lowest BCUT2D eigenvalue weighted by atomic mass is 9.94. The van der Waals surface area contributed by atoms with Gasteiger partial charge in [-0.25, -0.2) is 0 Å². The van der Waals surface area contributed by atoms with Crippen molar-refractivity contribution in [2.24, 2.45) is 11.8 Å². The molecule has 0 bridgehead atoms. The fourth-order valence-corrected chi connectivity index (χ4v) is 4.30. The Labute approximate surface area is 168 Å². The third-order valence-corrected chi connectivity index (χ3v) is 5.93. The first-order valence-corrected chi connectivity index (χ1v) is 10.3. The van der Waals surface area contributed by atoms with Crippen molar-refractivity contribution in [1.29, 1.82) is 0 Å². The maximum atomic E-state index is 12.9. The van der Waals surface area contributed by atoms with Gasteiger partial charge in [0.1, 0.15) is 5.92 Å². The van der Waals surface area contributed by atoms with Crippen molar-refractivity contribution in [3.8, 4) is 0 Å². The number of nitrogens with one attached hydrogen (secondary N) is 1. The Bertz CT molecular complexity index is 729. The lowest BCUT2D eigenvalue weighted by molar-refractivity contribution is -0.142. The molecule has 1 N–H and O–H groups in total. The van der Waals surface area contributed by atoms with E-state index in [9.17, 15) is 14.4 Å². The van der Waals surface area contributed by atoms with Crippen LogP contribution in [0.5, 0.6) is 0 Å². The molecule has 2 fully saturated rings. The predicted molar refractivity (Wildman–Crippen MR) is 107 cm³/mol. The highest BCUT2D eigenvalue weighted by Crippen LogP contribution is 2.32. The van der Waals surface area contributed by atoms with Crippen LogP contribution in [-0.4, -0.2) is 48.3 Å². The molecule has 1 atom stereocenters. The van der Waals surface area contributed by atoms with Crippen molar-refractivity contribution in [3.63, 3.8) is 0 Å². The van der Waals surface area contributed by atoms with Crippen molar-refractivity contribution >= 4 is 39.3 Å². The van der Waals surface area contributed by atoms with Gasteiger partial charge < -0.3 is 15.1 Å². The molecule has 2 aliphatic rings. The van der Waals surface area contributed by atoms with Gasteiger partial charge in [0.25, 0.3) is 0 Å². The number of rotatable bonds is 4. The van der Waals surface area contributed by atoms with Gasteiger partial charge in [0.05, 0.1) is 5.69 Å². The molecule has 3 amide bonds. The molecule has 0 spiro atoms. The summed E-state index contributed by atoms with van der Waals surface area (Å²) in [6, 6.07) is 7.68. The van der Waals surface area contributed by atoms with Crippen LogP contribution in [0.3, 0.4) is 0 Å². The second-order valence-electron chi connectivity index (χ2n) is 7.55. The van der Waals surface area contributed by atoms with Gasteiger partial charge in [-0.15, -0.1) is 0 Å². The summed E-state index contributed by atoms with van der Waals surface area (Å²) in [6.45, 7) is 5.50. The molecule has 0 aromatic heterocycles. The van der Waals surface area contributed by atoms with Crippen molar-refractivity contribution < 1.29 is 14.4 Å². The molecule has 2 saturated heterocycles. The Morgan fingerprint density at radius 3 is 2.41 bits per heavy atom. The van der Waals surface area contributed by atoms with Crippen LogP contribution in [0.2, 0.25) is 0 Å². The first kappa shape index (κ1) is 19.9. The maximum Gasteiger partial charge on any atom is 0.239 e. The van der Waals surface area contributed by atoms with Gasteiger partial charge in [0.2, 0.25) is 17.7 Å². The number of carbonyl (C=O) groups is 3. The summed E-state index contributed by atoms with van der Waals surface area (Å²) in [5.74, 6) is -0.830. The van der Waals surface area contributed by atoms with Gasteiger partial charge in [0.15, 0.2) is 0 Å². The summed E-state index contributed by atoms with van der Waals surface area (Å²) in [6.07, 6.45) is 1.84. The van der Waals surface area contributed by atoms with Gasteiger partial charge in [-0.1, -0.05) is 12.1 Å². The minimum atomic E-state index is -0.613. The Balaban J connectivity index is 1.59. The molecule has 0 aliphatic carbocycles. The molecule has 27 heavy (non-hydrogen) atoms. The van der Waals surface area contributed by atoms with Crippen LogP contribution in [0.15, 0.2) is 28.7 Å². The van der Waals surface area contributed by atoms with Gasteiger partial charge in [-0.3, -0.25) is 14.4 Å². The zero-order valence-electron chi connectivity index (χ0n) is 15.8. The zero-order valence-corrected chi connectivity index (χ0v) is 17.4. The number of hydrogen-bond donors (Lipinski definition) is 1. The van der Waals surface area contributed by atoms with Crippen molar-refractivity contribution in [2.75, 3.05) is 24.5 Å². The molecule has 0 saturated carbocycles. The number of likely N-dealkylation sites (tertiary alicyclic amines) is 1. The molecular formula is C20H26BrN3O3. The topological polar surface area (TPSA) is 69.7 Å². The summed E-state index contributed by atoms with van der Waals surface area (Å²) in [5, 5.41) is 2.94. The van der Waals surface area contributed by atoms with E-state index < -0.39 is 5.92 Å². The van der Waals surface area contributed by atoms with Crippen LogP contribution in [0.1, 0.15) is 33.1 Å². The van der Waals surface area contributed by atoms with E-state index in [0.717, 1.165) is 10.2 Å². The molecule has 1 aromatic carbocycles. The Morgan fingerprint density at radius 1 is 1.11 bits per heavy atom. The molecule has 7 heteroatoms. The van der Waals surface area contributed by atoms with Crippen molar-refractivity contribution in [3.05, 3.63) is 28.7 Å². The third kappa shape index (κ3) is 4.34. The largest absolute Gasteiger partial charge is 0.354 e. The van der Waals surface area contributed by atoms with Gasteiger partial charge in [0, 0.05) is 36.1 Å². The van der Waals surface area contributed by atoms with Crippen molar-refractivity contribution in [2.45, 2.75) is 39.2 Å². The molecule has 3 rings (SSSR count). The van der Waals surface area contributed by atoms with E-state index in [2.05, 4.69) is 21.2 Å². The van der Waals surface area contributed by atoms with Crippen molar-refractivity contribution in [1.82, 2.24) is 10.2 Å². The molecule has 0 radical (unpaired) electrons. The number of hydrogen-bond acceptors (Lipinski definition) is 3. The first-order valence-electron chi connectivity index (χ1n) is 9.53. The molecule has 146 valence electrons. The van der Waals surface area contributed by atoms with Gasteiger partial charge >= 0.3 is 0 Å². The summed E-state index contributed by atoms with van der Waals surface area (Å²) in [4.78, 5) is 41.3. The number of carbonyl (C=O) groups excluding carboxylic acids is 3. The fourth-order valence-electron chi connectivity index (χ4n) is 3.80. The lowest BCUT2D eigenvalue weighted by Gasteiger charge is -2.33. The summed E-state index contributed by atoms with van der Waals surface area (Å²) < 4.78 is 0.850. The standard InChI is InChI=1S/C20H26BrN3O3/c1-13(2)22-18(25)14-7-10-23(11-8-14)19(26)15-9-12-24(20(15)27)17-6-4-3-5-16(17)21/h3-6,13-15H,7-12H2,1-2H3,(H,22,25). The maximum absolute atomic E-state index is 12.9. The number of piperidine rings is 1. The number of benzene rings is 1. The van der Waals surface area contributed by atoms with Crippen LogP contribution in [0, 0.1) is 11.8 Å². The molecule has 2 heterocycles. The fraction of sp³-hybridized carbons (Fsp3) is 0.550. The number of amides is 3. The number of halogens is 1. The summed E-state index contributed by atoms with van der Waals surface area (Å²) in [5.41, 5.74) is 0.807. The van der Waals surface area contributed by atoms with Crippen LogP contribution in [0.25, 0.3) is 0 Å². The highest BCUT2D eigenvalue weighted by Gasteiger charge is 2.41. The van der Waals surface area contributed by atoms with Crippen LogP contribution < -0.4 is 10.2 Å². The van der Waals surface area contributed by atoms with E-state index >= 15 is 0 Å². The number of nitrogens with zero attached hydrogens (tertiary/aromatic N) is 2. The van der Waals surface area contributed by atoms with Crippen LogP contribution >= 0.6 is 15.9 Å².